The number of carboxylic acids is 2. The molecule has 0 bridgehead atoms. The number of nitrogens with zero attached hydrogens (tertiary/aromatic N) is 7. The number of hydrogen-bond donors (Lipinski definition) is 6. The number of fused-ring (bicyclic) bond motifs is 2. The summed E-state index contributed by atoms with van der Waals surface area (Å²) in [6.45, 7) is 1.15. The normalized spacial score (nSPS) is 17.6. The number of aromatic hydroxyl groups is 2. The lowest BCUT2D eigenvalue weighted by molar-refractivity contribution is -0.150. The largest absolute Gasteiger partial charge is 0.504 e. The highest BCUT2D eigenvalue weighted by atomic mass is 32.2. The lowest BCUT2D eigenvalue weighted by Crippen LogP contribution is -2.71. The van der Waals surface area contributed by atoms with Gasteiger partial charge in [-0.15, -0.1) is 40.0 Å². The number of aromatic nitrogens is 5. The van der Waals surface area contributed by atoms with Crippen LogP contribution in [0.3, 0.4) is 0 Å². The second kappa shape index (κ2) is 13.0. The molecule has 0 aliphatic carbocycles. The van der Waals surface area contributed by atoms with Crippen LogP contribution in [-0.4, -0.2) is 103 Å². The quantitative estimate of drug-likeness (QED) is 0.0316. The van der Waals surface area contributed by atoms with Crippen LogP contribution in [0.15, 0.2) is 51.2 Å². The SMILES string of the molecule is Cc1cc(SCC2=C(C(=O)O)N3C(=O)[C@@H](NC(=O)/C(=N\OCc4c(C(=O)O)ccc(O)c4O)c4csc(N)n4)[C@H]3SC2)n2nncc2n1. The van der Waals surface area contributed by atoms with E-state index in [9.17, 15) is 39.6 Å². The minimum absolute atomic E-state index is 0.0215. The molecular formula is C27H23N9O9S3. The Morgan fingerprint density at radius 1 is 1.21 bits per heavy atom. The predicted molar refractivity (Wildman–Crippen MR) is 171 cm³/mol. The van der Waals surface area contributed by atoms with Crippen molar-refractivity contribution in [1.29, 1.82) is 0 Å². The van der Waals surface area contributed by atoms with Crippen LogP contribution in [0.4, 0.5) is 5.13 Å². The van der Waals surface area contributed by atoms with Gasteiger partial charge in [-0.1, -0.05) is 10.4 Å². The molecule has 4 aromatic rings. The number of thioether (sulfide) groups is 2. The number of β-lactam (4-membered cyclic amide) rings is 1. The number of aromatic carboxylic acids is 1. The van der Waals surface area contributed by atoms with Gasteiger partial charge in [-0.2, -0.15) is 4.52 Å². The van der Waals surface area contributed by atoms with Crippen molar-refractivity contribution in [2.24, 2.45) is 5.16 Å². The highest BCUT2D eigenvalue weighted by molar-refractivity contribution is 8.01. The van der Waals surface area contributed by atoms with E-state index in [1.807, 2.05) is 6.92 Å². The van der Waals surface area contributed by atoms with Gasteiger partial charge in [0.2, 0.25) is 0 Å². The van der Waals surface area contributed by atoms with E-state index in [1.165, 1.54) is 39.6 Å². The van der Waals surface area contributed by atoms with Gasteiger partial charge in [0, 0.05) is 22.6 Å². The van der Waals surface area contributed by atoms with Crippen LogP contribution in [-0.2, 0) is 25.8 Å². The smallest absolute Gasteiger partial charge is 0.352 e. The summed E-state index contributed by atoms with van der Waals surface area (Å²) in [5, 5.41) is 55.2. The molecule has 2 aliphatic rings. The monoisotopic (exact) mass is 713 g/mol. The molecule has 5 heterocycles. The average Bonchev–Trinajstić information content (AvgIpc) is 3.70. The number of nitrogen functional groups attached to an aromatic ring is 1. The zero-order valence-electron chi connectivity index (χ0n) is 24.4. The van der Waals surface area contributed by atoms with Gasteiger partial charge < -0.3 is 36.3 Å². The maximum absolute atomic E-state index is 13.5. The fourth-order valence-corrected chi connectivity index (χ4v) is 8.01. The van der Waals surface area contributed by atoms with Gasteiger partial charge in [0.05, 0.1) is 17.3 Å². The molecule has 0 spiro atoms. The van der Waals surface area contributed by atoms with Gasteiger partial charge >= 0.3 is 11.9 Å². The minimum atomic E-state index is -1.41. The molecule has 48 heavy (non-hydrogen) atoms. The number of hydrogen-bond acceptors (Lipinski definition) is 16. The van der Waals surface area contributed by atoms with Crippen LogP contribution >= 0.6 is 34.9 Å². The van der Waals surface area contributed by atoms with E-state index in [0.717, 1.165) is 34.1 Å². The van der Waals surface area contributed by atoms with Crippen molar-refractivity contribution in [2.75, 3.05) is 17.2 Å². The van der Waals surface area contributed by atoms with E-state index in [2.05, 4.69) is 30.8 Å². The fourth-order valence-electron chi connectivity index (χ4n) is 4.92. The first-order chi connectivity index (χ1) is 22.9. The van der Waals surface area contributed by atoms with Gasteiger partial charge in [-0.05, 0) is 30.7 Å². The van der Waals surface area contributed by atoms with Gasteiger partial charge in [-0.3, -0.25) is 14.5 Å². The fraction of sp³-hybridized carbons (Fsp3) is 0.222. The molecule has 2 aliphatic heterocycles. The van der Waals surface area contributed by atoms with Gasteiger partial charge in [-0.25, -0.2) is 19.6 Å². The Kier molecular flexibility index (Phi) is 8.81. The van der Waals surface area contributed by atoms with Crippen molar-refractivity contribution in [2.45, 2.75) is 30.0 Å². The average molecular weight is 714 g/mol. The van der Waals surface area contributed by atoms with E-state index < -0.39 is 59.0 Å². The highest BCUT2D eigenvalue weighted by Crippen LogP contribution is 2.42. The van der Waals surface area contributed by atoms with E-state index in [1.54, 1.807) is 6.07 Å². The summed E-state index contributed by atoms with van der Waals surface area (Å²) >= 11 is 3.58. The zero-order valence-corrected chi connectivity index (χ0v) is 26.9. The number of rotatable bonds is 11. The summed E-state index contributed by atoms with van der Waals surface area (Å²) in [5.41, 5.74) is 6.20. The number of anilines is 1. The summed E-state index contributed by atoms with van der Waals surface area (Å²) in [6, 6.07) is 2.72. The minimum Gasteiger partial charge on any atom is -0.504 e. The van der Waals surface area contributed by atoms with Crippen LogP contribution in [0.1, 0.15) is 27.3 Å². The number of aliphatic carboxylic acids is 1. The van der Waals surface area contributed by atoms with Crippen LogP contribution in [0.2, 0.25) is 0 Å². The highest BCUT2D eigenvalue weighted by Gasteiger charge is 2.54. The third-order valence-corrected chi connectivity index (χ3v) is 10.2. The molecule has 0 radical (unpaired) electrons. The number of amides is 2. The lowest BCUT2D eigenvalue weighted by atomic mass is 10.0. The Labute approximate surface area is 281 Å². The molecule has 1 aromatic carbocycles. The van der Waals surface area contributed by atoms with Crippen LogP contribution < -0.4 is 11.1 Å². The van der Waals surface area contributed by atoms with Crippen LogP contribution in [0.25, 0.3) is 5.65 Å². The Morgan fingerprint density at radius 2 is 2.00 bits per heavy atom. The Bertz CT molecular complexity index is 2060. The maximum Gasteiger partial charge on any atom is 0.352 e. The van der Waals surface area contributed by atoms with E-state index in [-0.39, 0.29) is 39.2 Å². The standard InChI is InChI=1S/C27H23N9O9S3/c1-10-4-17(36-16(30-10)5-29-34-36)46-7-11-8-47-24-19(23(40)35(24)20(11)26(43)44)32-22(39)18(14-9-48-27(28)31-14)33-45-6-13-12(25(41)42)2-3-15(37)21(13)38/h2-5,9,19,24,37-38H,6-8H2,1H3,(H2,28,31)(H,32,39)(H,41,42)(H,43,44)/b33-18-/t19-,24-/m1/s1. The topological polar surface area (TPSA) is 268 Å². The molecule has 248 valence electrons. The lowest BCUT2D eigenvalue weighted by Gasteiger charge is -2.49. The number of phenols is 2. The van der Waals surface area contributed by atoms with Crippen molar-refractivity contribution >= 4 is 75.1 Å². The first-order valence-electron chi connectivity index (χ1n) is 13.6. The maximum atomic E-state index is 13.5. The number of nitrogens with two attached hydrogens (primary N) is 1. The molecule has 1 saturated heterocycles. The third-order valence-electron chi connectivity index (χ3n) is 7.13. The summed E-state index contributed by atoms with van der Waals surface area (Å²) in [5.74, 6) is -5.13. The Balaban J connectivity index is 1.19. The number of benzene rings is 1. The molecule has 7 N–H and O–H groups in total. The molecule has 18 nitrogen and oxygen atoms in total. The van der Waals surface area contributed by atoms with Crippen molar-refractivity contribution in [3.05, 3.63) is 63.6 Å². The van der Waals surface area contributed by atoms with Crippen molar-refractivity contribution < 1.29 is 44.4 Å². The molecule has 1 fully saturated rings. The predicted octanol–water partition coefficient (Wildman–Crippen LogP) is 1.03. The molecule has 2 atom stereocenters. The van der Waals surface area contributed by atoms with E-state index >= 15 is 0 Å². The molecule has 0 unspecified atom stereocenters. The van der Waals surface area contributed by atoms with E-state index in [4.69, 9.17) is 10.6 Å². The summed E-state index contributed by atoms with van der Waals surface area (Å²) in [6.07, 6.45) is 1.51. The number of carbonyl (C=O) groups is 4. The number of oxime groups is 1. The number of phenolic OH excluding ortho intramolecular Hbond substituents is 2. The van der Waals surface area contributed by atoms with Crippen LogP contribution in [0, 0.1) is 6.92 Å². The molecule has 21 heteroatoms. The summed E-state index contributed by atoms with van der Waals surface area (Å²) < 4.78 is 1.54. The first-order valence-corrected chi connectivity index (χ1v) is 16.6. The summed E-state index contributed by atoms with van der Waals surface area (Å²) in [7, 11) is 0. The zero-order chi connectivity index (χ0) is 34.3. The molecule has 0 saturated carbocycles. The molecule has 2 amide bonds. The van der Waals surface area contributed by atoms with Gasteiger partial charge in [0.1, 0.15) is 34.4 Å². The van der Waals surface area contributed by atoms with Crippen LogP contribution in [0.5, 0.6) is 11.5 Å². The van der Waals surface area contributed by atoms with Gasteiger partial charge in [0.15, 0.2) is 28.0 Å². The molecular weight excluding hydrogens is 691 g/mol. The number of thiazole rings is 1. The first kappa shape index (κ1) is 32.5. The van der Waals surface area contributed by atoms with Crippen molar-refractivity contribution in [3.8, 4) is 11.5 Å². The Hall–Kier alpha value is -5.41. The van der Waals surface area contributed by atoms with Crippen molar-refractivity contribution in [3.63, 3.8) is 0 Å². The number of nitrogens with one attached hydrogen (secondary N) is 1. The van der Waals surface area contributed by atoms with Gasteiger partial charge in [0.25, 0.3) is 11.8 Å². The molecule has 3 aromatic heterocycles. The molecule has 6 rings (SSSR count). The summed E-state index contributed by atoms with van der Waals surface area (Å²) in [4.78, 5) is 65.5. The third kappa shape index (κ3) is 6.04. The second-order valence-corrected chi connectivity index (χ2v) is 13.2. The Morgan fingerprint density at radius 3 is 2.71 bits per heavy atom. The van der Waals surface area contributed by atoms with E-state index in [0.29, 0.717) is 16.2 Å². The number of carbonyl (C=O) groups excluding carboxylic acids is 2. The van der Waals surface area contributed by atoms with Crippen molar-refractivity contribution in [1.82, 2.24) is 35.0 Å². The second-order valence-electron chi connectivity index (χ2n) is 10.2. The number of aryl methyl sites for hydroxylation is 1. The number of carboxylic acid groups (broad SMARTS) is 2.